The molecule has 0 atom stereocenters. The molecule has 8 heteroatoms. The summed E-state index contributed by atoms with van der Waals surface area (Å²) in [6.07, 6.45) is -0.00826. The number of thioether (sulfide) groups is 1. The van der Waals surface area contributed by atoms with Crippen molar-refractivity contribution < 1.29 is 23.0 Å². The molecule has 0 heterocycles. The van der Waals surface area contributed by atoms with E-state index in [1.165, 1.54) is 26.4 Å². The Kier molecular flexibility index (Phi) is 6.90. The summed E-state index contributed by atoms with van der Waals surface area (Å²) in [6.45, 7) is 0. The first-order valence-electron chi connectivity index (χ1n) is 7.18. The van der Waals surface area contributed by atoms with Crippen molar-refractivity contribution in [2.24, 2.45) is 0 Å². The molecule has 0 bridgehead atoms. The zero-order chi connectivity index (χ0) is 18.4. The molecule has 0 saturated carbocycles. The third kappa shape index (κ3) is 5.24. The van der Waals surface area contributed by atoms with Gasteiger partial charge in [0.25, 0.3) is 5.76 Å². The van der Waals surface area contributed by atoms with Crippen LogP contribution in [0.25, 0.3) is 0 Å². The van der Waals surface area contributed by atoms with Gasteiger partial charge in [0, 0.05) is 5.56 Å². The van der Waals surface area contributed by atoms with Crippen LogP contribution in [0.2, 0.25) is 5.02 Å². The average Bonchev–Trinajstić information content (AvgIpc) is 2.57. The van der Waals surface area contributed by atoms with Gasteiger partial charge in [0.2, 0.25) is 5.91 Å². The SMILES string of the molecule is COc1ccc(OC)c(CC(=O)Nc2cccc(Cl)c2SC(F)F)c1. The summed E-state index contributed by atoms with van der Waals surface area (Å²) in [5.41, 5.74) is 0.856. The minimum Gasteiger partial charge on any atom is -0.497 e. The maximum absolute atomic E-state index is 12.7. The van der Waals surface area contributed by atoms with Gasteiger partial charge in [-0.1, -0.05) is 29.4 Å². The van der Waals surface area contributed by atoms with Gasteiger partial charge in [0.05, 0.1) is 36.2 Å². The fourth-order valence-corrected chi connectivity index (χ4v) is 3.12. The third-order valence-corrected chi connectivity index (χ3v) is 4.57. The second-order valence-corrected chi connectivity index (χ2v) is 6.31. The number of anilines is 1. The van der Waals surface area contributed by atoms with Gasteiger partial charge in [-0.2, -0.15) is 8.78 Å². The predicted molar refractivity (Wildman–Crippen MR) is 95.2 cm³/mol. The summed E-state index contributed by atoms with van der Waals surface area (Å²) in [5.74, 6) is -1.91. The monoisotopic (exact) mass is 387 g/mol. The molecule has 2 aromatic carbocycles. The smallest absolute Gasteiger partial charge is 0.289 e. The number of carbonyl (C=O) groups excluding carboxylic acids is 1. The number of nitrogens with one attached hydrogen (secondary N) is 1. The van der Waals surface area contributed by atoms with Crippen LogP contribution < -0.4 is 14.8 Å². The van der Waals surface area contributed by atoms with Crippen molar-refractivity contribution in [3.8, 4) is 11.5 Å². The number of benzene rings is 2. The number of hydrogen-bond donors (Lipinski definition) is 1. The fourth-order valence-electron chi connectivity index (χ4n) is 2.20. The molecule has 2 aromatic rings. The lowest BCUT2D eigenvalue weighted by Crippen LogP contribution is -2.15. The lowest BCUT2D eigenvalue weighted by atomic mass is 10.1. The molecule has 0 aromatic heterocycles. The van der Waals surface area contributed by atoms with Crippen LogP contribution in [-0.2, 0) is 11.2 Å². The molecular weight excluding hydrogens is 372 g/mol. The number of hydrogen-bond acceptors (Lipinski definition) is 4. The maximum Gasteiger partial charge on any atom is 0.289 e. The van der Waals surface area contributed by atoms with Gasteiger partial charge in [-0.25, -0.2) is 0 Å². The average molecular weight is 388 g/mol. The zero-order valence-corrected chi connectivity index (χ0v) is 15.1. The summed E-state index contributed by atoms with van der Waals surface area (Å²) >= 11 is 6.25. The molecule has 0 saturated heterocycles. The fraction of sp³-hybridized carbons (Fsp3) is 0.235. The van der Waals surface area contributed by atoms with E-state index in [4.69, 9.17) is 21.1 Å². The van der Waals surface area contributed by atoms with Crippen LogP contribution in [0.15, 0.2) is 41.3 Å². The van der Waals surface area contributed by atoms with E-state index < -0.39 is 5.76 Å². The molecule has 0 fully saturated rings. The van der Waals surface area contributed by atoms with Gasteiger partial charge in [-0.15, -0.1) is 0 Å². The molecule has 0 spiro atoms. The van der Waals surface area contributed by atoms with Crippen molar-refractivity contribution in [3.05, 3.63) is 47.0 Å². The Balaban J connectivity index is 2.20. The normalized spacial score (nSPS) is 10.6. The summed E-state index contributed by atoms with van der Waals surface area (Å²) in [6, 6.07) is 9.70. The van der Waals surface area contributed by atoms with Crippen molar-refractivity contribution >= 4 is 35.0 Å². The van der Waals surface area contributed by atoms with E-state index in [-0.39, 0.29) is 39.7 Å². The zero-order valence-electron chi connectivity index (χ0n) is 13.5. The minimum absolute atomic E-state index is 0.00826. The number of alkyl halides is 2. The van der Waals surface area contributed by atoms with Crippen LogP contribution in [0, 0.1) is 0 Å². The summed E-state index contributed by atoms with van der Waals surface area (Å²) in [4.78, 5) is 12.5. The molecule has 4 nitrogen and oxygen atoms in total. The highest BCUT2D eigenvalue weighted by Crippen LogP contribution is 2.37. The second-order valence-electron chi connectivity index (χ2n) is 4.90. The van der Waals surface area contributed by atoms with E-state index >= 15 is 0 Å². The van der Waals surface area contributed by atoms with Crippen LogP contribution in [0.3, 0.4) is 0 Å². The standard InChI is InChI=1S/C17H16ClF2NO3S/c1-23-11-6-7-14(24-2)10(8-11)9-15(22)21-13-5-3-4-12(18)16(13)25-17(19)20/h3-8,17H,9H2,1-2H3,(H,21,22). The van der Waals surface area contributed by atoms with Gasteiger partial charge in [0.1, 0.15) is 11.5 Å². The number of carbonyl (C=O) groups is 1. The van der Waals surface area contributed by atoms with E-state index in [0.29, 0.717) is 17.1 Å². The van der Waals surface area contributed by atoms with Gasteiger partial charge in [-0.3, -0.25) is 4.79 Å². The molecule has 2 rings (SSSR count). The Hall–Kier alpha value is -1.99. The molecule has 0 aliphatic carbocycles. The quantitative estimate of drug-likeness (QED) is 0.690. The molecule has 1 N–H and O–H groups in total. The highest BCUT2D eigenvalue weighted by Gasteiger charge is 2.16. The van der Waals surface area contributed by atoms with Gasteiger partial charge in [0.15, 0.2) is 0 Å². The molecular formula is C17H16ClF2NO3S. The van der Waals surface area contributed by atoms with Crippen LogP contribution in [0.4, 0.5) is 14.5 Å². The number of methoxy groups -OCH3 is 2. The number of rotatable bonds is 7. The Labute approximate surface area is 153 Å². The molecule has 0 unspecified atom stereocenters. The lowest BCUT2D eigenvalue weighted by molar-refractivity contribution is -0.115. The largest absolute Gasteiger partial charge is 0.497 e. The Morgan fingerprint density at radius 2 is 2.00 bits per heavy atom. The first kappa shape index (κ1) is 19.3. The lowest BCUT2D eigenvalue weighted by Gasteiger charge is -2.13. The first-order chi connectivity index (χ1) is 11.9. The number of amides is 1. The Morgan fingerprint density at radius 1 is 1.24 bits per heavy atom. The Bertz CT molecular complexity index is 759. The van der Waals surface area contributed by atoms with Crippen molar-refractivity contribution in [3.63, 3.8) is 0 Å². The topological polar surface area (TPSA) is 47.6 Å². The minimum atomic E-state index is -2.64. The highest BCUT2D eigenvalue weighted by atomic mass is 35.5. The van der Waals surface area contributed by atoms with Crippen LogP contribution in [-0.4, -0.2) is 25.9 Å². The van der Waals surface area contributed by atoms with E-state index in [1.807, 2.05) is 0 Å². The van der Waals surface area contributed by atoms with E-state index in [1.54, 1.807) is 24.3 Å². The summed E-state index contributed by atoms with van der Waals surface area (Å²) < 4.78 is 35.8. The van der Waals surface area contributed by atoms with Crippen molar-refractivity contribution in [2.75, 3.05) is 19.5 Å². The first-order valence-corrected chi connectivity index (χ1v) is 8.44. The van der Waals surface area contributed by atoms with Crippen molar-refractivity contribution in [1.82, 2.24) is 0 Å². The molecule has 1 amide bonds. The highest BCUT2D eigenvalue weighted by molar-refractivity contribution is 7.99. The number of ether oxygens (including phenoxy) is 2. The van der Waals surface area contributed by atoms with Crippen molar-refractivity contribution in [1.29, 1.82) is 0 Å². The molecule has 0 aliphatic heterocycles. The predicted octanol–water partition coefficient (Wildman–Crippen LogP) is 4.85. The van der Waals surface area contributed by atoms with Gasteiger partial charge in [-0.05, 0) is 30.3 Å². The Morgan fingerprint density at radius 3 is 2.64 bits per heavy atom. The second kappa shape index (κ2) is 8.92. The van der Waals surface area contributed by atoms with Crippen LogP contribution in [0.1, 0.15) is 5.56 Å². The summed E-state index contributed by atoms with van der Waals surface area (Å²) in [5, 5.41) is 2.77. The van der Waals surface area contributed by atoms with Crippen LogP contribution >= 0.6 is 23.4 Å². The van der Waals surface area contributed by atoms with E-state index in [0.717, 1.165) is 0 Å². The van der Waals surface area contributed by atoms with Crippen molar-refractivity contribution in [2.45, 2.75) is 17.1 Å². The molecule has 134 valence electrons. The van der Waals surface area contributed by atoms with Crippen LogP contribution in [0.5, 0.6) is 11.5 Å². The third-order valence-electron chi connectivity index (χ3n) is 3.29. The van der Waals surface area contributed by atoms with E-state index in [2.05, 4.69) is 5.32 Å². The van der Waals surface area contributed by atoms with Gasteiger partial charge < -0.3 is 14.8 Å². The van der Waals surface area contributed by atoms with Gasteiger partial charge >= 0.3 is 0 Å². The molecule has 25 heavy (non-hydrogen) atoms. The van der Waals surface area contributed by atoms with E-state index in [9.17, 15) is 13.6 Å². The molecule has 0 radical (unpaired) electrons. The molecule has 0 aliphatic rings. The summed E-state index contributed by atoms with van der Waals surface area (Å²) in [7, 11) is 3.02. The maximum atomic E-state index is 12.7. The number of halogens is 3.